The maximum atomic E-state index is 12.2. The van der Waals surface area contributed by atoms with E-state index >= 15 is 0 Å². The van der Waals surface area contributed by atoms with Crippen molar-refractivity contribution in [1.82, 2.24) is 14.8 Å². The summed E-state index contributed by atoms with van der Waals surface area (Å²) in [5, 5.41) is 10.2. The number of aryl methyl sites for hydroxylation is 1. The molecule has 0 bridgehead atoms. The van der Waals surface area contributed by atoms with Crippen molar-refractivity contribution >= 4 is 28.6 Å². The van der Waals surface area contributed by atoms with E-state index in [-0.39, 0.29) is 5.91 Å². The molecule has 2 aromatic heterocycles. The SMILES string of the molecule is Cc1ccc(CNc2ccc(NC(=O)C(C)n3cncn3)cc2)s1. The van der Waals surface area contributed by atoms with Gasteiger partial charge in [-0.05, 0) is 50.2 Å². The van der Waals surface area contributed by atoms with Gasteiger partial charge in [-0.3, -0.25) is 4.79 Å². The Bertz CT molecular complexity index is 795. The first-order valence-corrected chi connectivity index (χ1v) is 8.48. The third-order valence-electron chi connectivity index (χ3n) is 3.63. The molecule has 0 radical (unpaired) electrons. The van der Waals surface area contributed by atoms with Gasteiger partial charge in [-0.15, -0.1) is 11.3 Å². The zero-order valence-electron chi connectivity index (χ0n) is 13.6. The summed E-state index contributed by atoms with van der Waals surface area (Å²) in [7, 11) is 0. The number of carbonyl (C=O) groups excluding carboxylic acids is 1. The van der Waals surface area contributed by atoms with Crippen LogP contribution in [0.2, 0.25) is 0 Å². The molecule has 0 aliphatic heterocycles. The lowest BCUT2D eigenvalue weighted by Crippen LogP contribution is -2.24. The van der Waals surface area contributed by atoms with Gasteiger partial charge in [0.05, 0.1) is 0 Å². The van der Waals surface area contributed by atoms with E-state index in [0.717, 1.165) is 17.9 Å². The lowest BCUT2D eigenvalue weighted by atomic mass is 10.2. The molecule has 0 spiro atoms. The number of hydrogen-bond acceptors (Lipinski definition) is 5. The Hall–Kier alpha value is -2.67. The monoisotopic (exact) mass is 341 g/mol. The molecular weight excluding hydrogens is 322 g/mol. The summed E-state index contributed by atoms with van der Waals surface area (Å²) in [6.07, 6.45) is 2.95. The fourth-order valence-corrected chi connectivity index (χ4v) is 3.06. The van der Waals surface area contributed by atoms with Gasteiger partial charge in [0.1, 0.15) is 18.7 Å². The molecule has 3 rings (SSSR count). The standard InChI is InChI=1S/C17H19N5OS/c1-12-3-8-16(24-12)9-19-14-4-6-15(7-5-14)21-17(23)13(2)22-11-18-10-20-22/h3-8,10-11,13,19H,9H2,1-2H3,(H,21,23). The topological polar surface area (TPSA) is 71.8 Å². The van der Waals surface area contributed by atoms with E-state index in [1.165, 1.54) is 27.1 Å². The molecule has 2 N–H and O–H groups in total. The van der Waals surface area contributed by atoms with Crippen LogP contribution in [0.1, 0.15) is 22.7 Å². The van der Waals surface area contributed by atoms with Crippen molar-refractivity contribution in [2.75, 3.05) is 10.6 Å². The Morgan fingerprint density at radius 1 is 1.21 bits per heavy atom. The predicted molar refractivity (Wildman–Crippen MR) is 96.2 cm³/mol. The molecule has 2 heterocycles. The van der Waals surface area contributed by atoms with Crippen LogP contribution in [0, 0.1) is 6.92 Å². The molecule has 6 nitrogen and oxygen atoms in total. The third-order valence-corrected chi connectivity index (χ3v) is 4.63. The molecule has 1 atom stereocenters. The average Bonchev–Trinajstić information content (AvgIpc) is 3.25. The van der Waals surface area contributed by atoms with Gasteiger partial charge < -0.3 is 10.6 Å². The van der Waals surface area contributed by atoms with E-state index < -0.39 is 6.04 Å². The van der Waals surface area contributed by atoms with Crippen LogP contribution < -0.4 is 10.6 Å². The molecule has 1 unspecified atom stereocenters. The number of carbonyl (C=O) groups is 1. The first-order chi connectivity index (χ1) is 11.6. The van der Waals surface area contributed by atoms with Crippen molar-refractivity contribution in [3.05, 3.63) is 58.8 Å². The minimum absolute atomic E-state index is 0.129. The van der Waals surface area contributed by atoms with Crippen LogP contribution in [-0.4, -0.2) is 20.7 Å². The summed E-state index contributed by atoms with van der Waals surface area (Å²) >= 11 is 1.79. The van der Waals surface area contributed by atoms with Crippen molar-refractivity contribution in [1.29, 1.82) is 0 Å². The number of amides is 1. The Labute approximate surface area is 144 Å². The summed E-state index contributed by atoms with van der Waals surface area (Å²) in [5.74, 6) is -0.129. The molecule has 1 amide bonds. The van der Waals surface area contributed by atoms with Gasteiger partial charge in [-0.2, -0.15) is 5.10 Å². The van der Waals surface area contributed by atoms with Crippen LogP contribution in [0.15, 0.2) is 49.1 Å². The van der Waals surface area contributed by atoms with Crippen LogP contribution in [0.3, 0.4) is 0 Å². The number of aromatic nitrogens is 3. The summed E-state index contributed by atoms with van der Waals surface area (Å²) in [5.41, 5.74) is 1.77. The largest absolute Gasteiger partial charge is 0.380 e. The molecular formula is C17H19N5OS. The molecule has 0 saturated carbocycles. The van der Waals surface area contributed by atoms with Crippen LogP contribution in [0.5, 0.6) is 0 Å². The molecule has 3 aromatic rings. The zero-order valence-corrected chi connectivity index (χ0v) is 14.4. The van der Waals surface area contributed by atoms with E-state index in [2.05, 4.69) is 39.8 Å². The fraction of sp³-hybridized carbons (Fsp3) is 0.235. The normalized spacial score (nSPS) is 11.9. The molecule has 0 saturated heterocycles. The highest BCUT2D eigenvalue weighted by Crippen LogP contribution is 2.19. The van der Waals surface area contributed by atoms with Gasteiger partial charge in [-0.1, -0.05) is 0 Å². The number of thiophene rings is 1. The van der Waals surface area contributed by atoms with E-state index in [1.54, 1.807) is 18.3 Å². The number of nitrogens with zero attached hydrogens (tertiary/aromatic N) is 3. The smallest absolute Gasteiger partial charge is 0.249 e. The number of rotatable bonds is 6. The van der Waals surface area contributed by atoms with Crippen molar-refractivity contribution < 1.29 is 4.79 Å². The van der Waals surface area contributed by atoms with Gasteiger partial charge in [0.15, 0.2) is 0 Å². The molecule has 24 heavy (non-hydrogen) atoms. The van der Waals surface area contributed by atoms with E-state index in [9.17, 15) is 4.79 Å². The molecule has 124 valence electrons. The third kappa shape index (κ3) is 3.99. The molecule has 0 fully saturated rings. The Morgan fingerprint density at radius 3 is 2.58 bits per heavy atom. The number of benzene rings is 1. The second-order valence-corrected chi connectivity index (χ2v) is 6.86. The quantitative estimate of drug-likeness (QED) is 0.720. The first kappa shape index (κ1) is 16.2. The Balaban J connectivity index is 1.55. The fourth-order valence-electron chi connectivity index (χ4n) is 2.22. The van der Waals surface area contributed by atoms with Gasteiger partial charge in [0, 0.05) is 27.7 Å². The summed E-state index contributed by atoms with van der Waals surface area (Å²) in [6.45, 7) is 4.68. The van der Waals surface area contributed by atoms with Gasteiger partial charge >= 0.3 is 0 Å². The number of anilines is 2. The summed E-state index contributed by atoms with van der Waals surface area (Å²) < 4.78 is 1.52. The van der Waals surface area contributed by atoms with E-state index in [0.29, 0.717) is 0 Å². The highest BCUT2D eigenvalue weighted by molar-refractivity contribution is 7.11. The Morgan fingerprint density at radius 2 is 1.96 bits per heavy atom. The second-order valence-electron chi connectivity index (χ2n) is 5.48. The highest BCUT2D eigenvalue weighted by Gasteiger charge is 2.15. The lowest BCUT2D eigenvalue weighted by Gasteiger charge is -2.12. The summed E-state index contributed by atoms with van der Waals surface area (Å²) in [6, 6.07) is 11.5. The minimum atomic E-state index is -0.410. The average molecular weight is 341 g/mol. The second kappa shape index (κ2) is 7.27. The minimum Gasteiger partial charge on any atom is -0.380 e. The first-order valence-electron chi connectivity index (χ1n) is 7.66. The Kier molecular flexibility index (Phi) is 4.90. The number of hydrogen-bond donors (Lipinski definition) is 2. The zero-order chi connectivity index (χ0) is 16.9. The molecule has 1 aromatic carbocycles. The van der Waals surface area contributed by atoms with Crippen LogP contribution in [0.25, 0.3) is 0 Å². The van der Waals surface area contributed by atoms with Crippen LogP contribution in [-0.2, 0) is 11.3 Å². The van der Waals surface area contributed by atoms with Crippen molar-refractivity contribution in [3.8, 4) is 0 Å². The van der Waals surface area contributed by atoms with E-state index in [4.69, 9.17) is 0 Å². The molecule has 0 aliphatic rings. The summed E-state index contributed by atoms with van der Waals surface area (Å²) in [4.78, 5) is 18.7. The predicted octanol–water partition coefficient (Wildman–Crippen LogP) is 3.46. The van der Waals surface area contributed by atoms with Crippen molar-refractivity contribution in [3.63, 3.8) is 0 Å². The maximum absolute atomic E-state index is 12.2. The maximum Gasteiger partial charge on any atom is 0.249 e. The molecule has 7 heteroatoms. The van der Waals surface area contributed by atoms with Gasteiger partial charge in [0.25, 0.3) is 0 Å². The number of nitrogens with one attached hydrogen (secondary N) is 2. The highest BCUT2D eigenvalue weighted by atomic mass is 32.1. The van der Waals surface area contributed by atoms with Crippen molar-refractivity contribution in [2.24, 2.45) is 0 Å². The van der Waals surface area contributed by atoms with Crippen LogP contribution >= 0.6 is 11.3 Å². The lowest BCUT2D eigenvalue weighted by molar-refractivity contribution is -0.119. The van der Waals surface area contributed by atoms with Crippen LogP contribution in [0.4, 0.5) is 11.4 Å². The van der Waals surface area contributed by atoms with Crippen molar-refractivity contribution in [2.45, 2.75) is 26.4 Å². The van der Waals surface area contributed by atoms with E-state index in [1.807, 2.05) is 24.3 Å². The van der Waals surface area contributed by atoms with Gasteiger partial charge in [-0.25, -0.2) is 9.67 Å². The van der Waals surface area contributed by atoms with Gasteiger partial charge in [0.2, 0.25) is 5.91 Å². The molecule has 0 aliphatic carbocycles.